The lowest BCUT2D eigenvalue weighted by Crippen LogP contribution is -2.54. The van der Waals surface area contributed by atoms with Crippen LogP contribution in [-0.4, -0.2) is 63.5 Å². The second kappa shape index (κ2) is 8.76. The maximum Gasteiger partial charge on any atom is 0.317 e. The summed E-state index contributed by atoms with van der Waals surface area (Å²) in [5.74, 6) is 0.281. The van der Waals surface area contributed by atoms with Gasteiger partial charge in [-0.3, -0.25) is 4.79 Å². The number of carbonyl (C=O) groups is 2. The number of nitrogens with zero attached hydrogens (tertiary/aromatic N) is 4. The fourth-order valence-electron chi connectivity index (χ4n) is 4.17. The van der Waals surface area contributed by atoms with E-state index in [0.29, 0.717) is 6.42 Å². The van der Waals surface area contributed by atoms with E-state index in [1.807, 2.05) is 24.3 Å². The molecule has 0 unspecified atom stereocenters. The Labute approximate surface area is 162 Å². The fraction of sp³-hybridized carbons (Fsp3) is 0.750. The molecule has 3 rings (SSSR count). The van der Waals surface area contributed by atoms with Gasteiger partial charge in [-0.15, -0.1) is 0 Å². The van der Waals surface area contributed by atoms with Gasteiger partial charge in [0.05, 0.1) is 6.33 Å². The van der Waals surface area contributed by atoms with Gasteiger partial charge < -0.3 is 19.7 Å². The minimum Gasteiger partial charge on any atom is -0.342 e. The van der Waals surface area contributed by atoms with E-state index in [4.69, 9.17) is 0 Å². The number of hydrogen-bond acceptors (Lipinski definition) is 3. The van der Waals surface area contributed by atoms with Crippen LogP contribution in [0.3, 0.4) is 0 Å². The van der Waals surface area contributed by atoms with Crippen LogP contribution in [0.15, 0.2) is 18.7 Å². The maximum atomic E-state index is 12.4. The van der Waals surface area contributed by atoms with Gasteiger partial charge in [-0.25, -0.2) is 9.78 Å². The molecule has 27 heavy (non-hydrogen) atoms. The highest BCUT2D eigenvalue weighted by atomic mass is 16.2. The molecule has 7 nitrogen and oxygen atoms in total. The van der Waals surface area contributed by atoms with E-state index in [2.05, 4.69) is 26.7 Å². The highest BCUT2D eigenvalue weighted by Crippen LogP contribution is 2.40. The zero-order valence-electron chi connectivity index (χ0n) is 16.7. The molecule has 1 atom stereocenters. The van der Waals surface area contributed by atoms with E-state index in [9.17, 15) is 9.59 Å². The molecule has 7 heteroatoms. The first-order valence-electron chi connectivity index (χ1n) is 10.3. The Balaban J connectivity index is 1.48. The van der Waals surface area contributed by atoms with Crippen molar-refractivity contribution in [3.8, 4) is 0 Å². The Morgan fingerprint density at radius 3 is 2.74 bits per heavy atom. The molecule has 2 aliphatic heterocycles. The van der Waals surface area contributed by atoms with E-state index in [1.165, 1.54) is 0 Å². The van der Waals surface area contributed by atoms with Crippen molar-refractivity contribution in [1.82, 2.24) is 24.7 Å². The predicted molar refractivity (Wildman–Crippen MR) is 104 cm³/mol. The van der Waals surface area contributed by atoms with E-state index < -0.39 is 0 Å². The minimum absolute atomic E-state index is 0.0586. The zero-order valence-corrected chi connectivity index (χ0v) is 16.7. The highest BCUT2D eigenvalue weighted by molar-refractivity contribution is 5.77. The first kappa shape index (κ1) is 19.7. The maximum absolute atomic E-state index is 12.4. The molecule has 1 spiro atoms. The molecule has 0 saturated carbocycles. The van der Waals surface area contributed by atoms with Crippen LogP contribution < -0.4 is 5.32 Å². The number of piperidine rings is 2. The van der Waals surface area contributed by atoms with Crippen LogP contribution >= 0.6 is 0 Å². The van der Waals surface area contributed by atoms with Crippen molar-refractivity contribution in [3.63, 3.8) is 0 Å². The fourth-order valence-corrected chi connectivity index (χ4v) is 4.17. The number of nitrogens with one attached hydrogen (secondary N) is 1. The molecule has 1 N–H and O–H groups in total. The molecule has 150 valence electrons. The van der Waals surface area contributed by atoms with Gasteiger partial charge in [-0.05, 0) is 44.4 Å². The van der Waals surface area contributed by atoms with E-state index in [0.717, 1.165) is 64.8 Å². The molecule has 0 aliphatic carbocycles. The van der Waals surface area contributed by atoms with Crippen molar-refractivity contribution < 1.29 is 9.59 Å². The third-order valence-corrected chi connectivity index (χ3v) is 6.25. The quantitative estimate of drug-likeness (QED) is 0.830. The lowest BCUT2D eigenvalue weighted by molar-refractivity contribution is -0.139. The second-order valence-electron chi connectivity index (χ2n) is 8.22. The molecule has 0 aromatic carbocycles. The number of likely N-dealkylation sites (tertiary alicyclic amines) is 2. The van der Waals surface area contributed by atoms with Crippen LogP contribution in [0.5, 0.6) is 0 Å². The largest absolute Gasteiger partial charge is 0.342 e. The van der Waals surface area contributed by atoms with Gasteiger partial charge in [0, 0.05) is 57.6 Å². The van der Waals surface area contributed by atoms with E-state index in [1.54, 1.807) is 6.20 Å². The summed E-state index contributed by atoms with van der Waals surface area (Å²) in [6.07, 6.45) is 11.0. The van der Waals surface area contributed by atoms with Gasteiger partial charge in [0.1, 0.15) is 0 Å². The van der Waals surface area contributed by atoms with Gasteiger partial charge in [0.2, 0.25) is 5.91 Å². The average molecular weight is 376 g/mol. The van der Waals surface area contributed by atoms with Gasteiger partial charge in [0.25, 0.3) is 0 Å². The summed E-state index contributed by atoms with van der Waals surface area (Å²) < 4.78 is 2.05. The second-order valence-corrected chi connectivity index (χ2v) is 8.22. The minimum atomic E-state index is 0.0586. The Kier molecular flexibility index (Phi) is 6.39. The summed E-state index contributed by atoms with van der Waals surface area (Å²) >= 11 is 0. The molecule has 1 aromatic rings. The lowest BCUT2D eigenvalue weighted by Gasteiger charge is -2.47. The summed E-state index contributed by atoms with van der Waals surface area (Å²) in [4.78, 5) is 32.8. The molecule has 2 fully saturated rings. The molecular weight excluding hydrogens is 342 g/mol. The normalized spacial score (nSPS) is 20.7. The number of amides is 3. The van der Waals surface area contributed by atoms with Crippen LogP contribution in [0.2, 0.25) is 0 Å². The molecule has 2 aliphatic rings. The topological polar surface area (TPSA) is 70.5 Å². The number of imidazole rings is 1. The van der Waals surface area contributed by atoms with Gasteiger partial charge in [-0.1, -0.05) is 6.92 Å². The molecule has 1 aromatic heterocycles. The van der Waals surface area contributed by atoms with E-state index >= 15 is 0 Å². The van der Waals surface area contributed by atoms with Gasteiger partial charge >= 0.3 is 6.03 Å². The van der Waals surface area contributed by atoms with Gasteiger partial charge in [0.15, 0.2) is 0 Å². The van der Waals surface area contributed by atoms with Crippen molar-refractivity contribution in [3.05, 3.63) is 18.7 Å². The van der Waals surface area contributed by atoms with Crippen LogP contribution in [-0.2, 0) is 11.3 Å². The Bertz CT molecular complexity index is 622. The van der Waals surface area contributed by atoms with Crippen LogP contribution in [0.25, 0.3) is 0 Å². The van der Waals surface area contributed by atoms with Crippen LogP contribution in [0, 0.1) is 5.41 Å². The Morgan fingerprint density at radius 2 is 2.07 bits per heavy atom. The van der Waals surface area contributed by atoms with Crippen LogP contribution in [0.1, 0.15) is 52.4 Å². The zero-order chi connectivity index (χ0) is 19.3. The summed E-state index contributed by atoms with van der Waals surface area (Å²) in [7, 11) is 0. The number of hydrogen-bond donors (Lipinski definition) is 1. The van der Waals surface area contributed by atoms with Crippen molar-refractivity contribution in [1.29, 1.82) is 0 Å². The first-order chi connectivity index (χ1) is 13.0. The standard InChI is InChI=1S/C20H33N5O2/c1-3-17(2)22-19(27)24-12-7-20(8-13-24)6-5-18(26)25(15-20)11-4-10-23-14-9-21-16-23/h9,14,16-17H,3-8,10-13,15H2,1-2H3,(H,22,27)/t17-/m1/s1. The predicted octanol–water partition coefficient (Wildman–Crippen LogP) is 2.49. The summed E-state index contributed by atoms with van der Waals surface area (Å²) in [6.45, 7) is 8.24. The summed E-state index contributed by atoms with van der Waals surface area (Å²) in [6, 6.07) is 0.273. The summed E-state index contributed by atoms with van der Waals surface area (Å²) in [5.41, 5.74) is 0.191. The third-order valence-electron chi connectivity index (χ3n) is 6.25. The smallest absolute Gasteiger partial charge is 0.317 e. The molecule has 3 amide bonds. The molecule has 0 radical (unpaired) electrons. The van der Waals surface area contributed by atoms with Crippen LogP contribution in [0.4, 0.5) is 4.79 Å². The Hall–Kier alpha value is -2.05. The van der Waals surface area contributed by atoms with Gasteiger partial charge in [-0.2, -0.15) is 0 Å². The number of urea groups is 1. The molecule has 0 bridgehead atoms. The van der Waals surface area contributed by atoms with Crippen molar-refractivity contribution >= 4 is 11.9 Å². The molecular formula is C20H33N5O2. The highest BCUT2D eigenvalue weighted by Gasteiger charge is 2.41. The molecule has 3 heterocycles. The van der Waals surface area contributed by atoms with Crippen molar-refractivity contribution in [2.24, 2.45) is 5.41 Å². The third kappa shape index (κ3) is 5.02. The number of carbonyl (C=O) groups excluding carboxylic acids is 2. The van der Waals surface area contributed by atoms with Crippen molar-refractivity contribution in [2.75, 3.05) is 26.2 Å². The Morgan fingerprint density at radius 1 is 1.30 bits per heavy atom. The summed E-state index contributed by atoms with van der Waals surface area (Å²) in [5, 5.41) is 3.06. The average Bonchev–Trinajstić information content (AvgIpc) is 3.18. The molecule has 2 saturated heterocycles. The SMILES string of the molecule is CC[C@@H](C)NC(=O)N1CCC2(CCC(=O)N(CCCn3ccnc3)C2)CC1. The number of aryl methyl sites for hydroxylation is 1. The van der Waals surface area contributed by atoms with E-state index in [-0.39, 0.29) is 23.4 Å². The van der Waals surface area contributed by atoms with Crippen molar-refractivity contribution in [2.45, 2.75) is 65.0 Å². The number of rotatable bonds is 6. The number of aromatic nitrogens is 2. The monoisotopic (exact) mass is 375 g/mol. The first-order valence-corrected chi connectivity index (χ1v) is 10.3. The lowest BCUT2D eigenvalue weighted by atomic mass is 9.72.